The van der Waals surface area contributed by atoms with Crippen molar-refractivity contribution >= 4 is 16.6 Å². The summed E-state index contributed by atoms with van der Waals surface area (Å²) in [6.45, 7) is 8.45. The first kappa shape index (κ1) is 14.8. The van der Waals surface area contributed by atoms with Crippen molar-refractivity contribution in [3.63, 3.8) is 0 Å². The third kappa shape index (κ3) is 2.21. The van der Waals surface area contributed by atoms with E-state index < -0.39 is 0 Å². The van der Waals surface area contributed by atoms with Gasteiger partial charge >= 0.3 is 0 Å². The molecule has 0 fully saturated rings. The zero-order valence-corrected chi connectivity index (χ0v) is 13.7. The Hall–Kier alpha value is -2.15. The highest BCUT2D eigenvalue weighted by atomic mass is 16.1. The summed E-state index contributed by atoms with van der Waals surface area (Å²) in [6.07, 6.45) is 2.83. The molecule has 0 heterocycles. The molecule has 1 aliphatic carbocycles. The van der Waals surface area contributed by atoms with Gasteiger partial charge < -0.3 is 0 Å². The van der Waals surface area contributed by atoms with Crippen molar-refractivity contribution in [2.24, 2.45) is 0 Å². The van der Waals surface area contributed by atoms with Crippen molar-refractivity contribution < 1.29 is 4.79 Å². The Morgan fingerprint density at radius 3 is 2.41 bits per heavy atom. The summed E-state index contributed by atoms with van der Waals surface area (Å²) in [5.41, 5.74) is 6.10. The first-order valence-electron chi connectivity index (χ1n) is 7.95. The molecular weight excluding hydrogens is 268 g/mol. The summed E-state index contributed by atoms with van der Waals surface area (Å²) >= 11 is 0. The van der Waals surface area contributed by atoms with Crippen molar-refractivity contribution in [1.29, 1.82) is 0 Å². The number of fused-ring (bicyclic) bond motifs is 1. The van der Waals surface area contributed by atoms with E-state index in [1.807, 2.05) is 19.1 Å². The molecule has 1 unspecified atom stereocenters. The van der Waals surface area contributed by atoms with E-state index in [1.165, 1.54) is 16.7 Å². The Kier molecular flexibility index (Phi) is 3.74. The minimum Gasteiger partial charge on any atom is -0.294 e. The fourth-order valence-corrected chi connectivity index (χ4v) is 3.40. The Bertz CT molecular complexity index is 821. The Labute approximate surface area is 132 Å². The van der Waals surface area contributed by atoms with Crippen molar-refractivity contribution in [3.05, 3.63) is 70.3 Å². The van der Waals surface area contributed by atoms with Gasteiger partial charge in [-0.05, 0) is 42.7 Å². The molecular formula is C21H22O. The summed E-state index contributed by atoms with van der Waals surface area (Å²) in [6, 6.07) is 12.5. The molecule has 2 aromatic carbocycles. The largest absolute Gasteiger partial charge is 0.294 e. The number of benzene rings is 2. The molecule has 3 rings (SSSR count). The van der Waals surface area contributed by atoms with Crippen molar-refractivity contribution in [2.45, 2.75) is 40.0 Å². The topological polar surface area (TPSA) is 17.1 Å². The summed E-state index contributed by atoms with van der Waals surface area (Å²) in [4.78, 5) is 12.6. The molecule has 0 amide bonds. The van der Waals surface area contributed by atoms with Crippen LogP contribution in [0.5, 0.6) is 0 Å². The maximum atomic E-state index is 12.6. The van der Waals surface area contributed by atoms with Gasteiger partial charge in [-0.2, -0.15) is 0 Å². The lowest BCUT2D eigenvalue weighted by Crippen LogP contribution is -2.07. The zero-order chi connectivity index (χ0) is 15.9. The lowest BCUT2D eigenvalue weighted by molar-refractivity contribution is 0.0989. The van der Waals surface area contributed by atoms with Gasteiger partial charge in [0, 0.05) is 17.9 Å². The quantitative estimate of drug-likeness (QED) is 0.652. The maximum absolute atomic E-state index is 12.6. The lowest BCUT2D eigenvalue weighted by atomic mass is 9.85. The number of ketones is 1. The van der Waals surface area contributed by atoms with Crippen LogP contribution < -0.4 is 0 Å². The van der Waals surface area contributed by atoms with E-state index in [0.29, 0.717) is 6.42 Å². The van der Waals surface area contributed by atoms with Gasteiger partial charge in [-0.15, -0.1) is 0 Å². The maximum Gasteiger partial charge on any atom is 0.163 e. The van der Waals surface area contributed by atoms with E-state index in [1.54, 1.807) is 0 Å². The summed E-state index contributed by atoms with van der Waals surface area (Å²) in [5.74, 6) is 0.463. The molecule has 2 aromatic rings. The van der Waals surface area contributed by atoms with E-state index in [9.17, 15) is 4.79 Å². The SMILES string of the molecule is CCC(=O)c1c(C2C=C(C)C(C)=C2C)ccc2ccccc12. The Balaban J connectivity index is 2.29. The molecule has 0 N–H and O–H groups in total. The van der Waals surface area contributed by atoms with Gasteiger partial charge in [-0.1, -0.05) is 60.5 Å². The van der Waals surface area contributed by atoms with Gasteiger partial charge in [0.15, 0.2) is 5.78 Å². The van der Waals surface area contributed by atoms with Gasteiger partial charge in [0.2, 0.25) is 0 Å². The fraction of sp³-hybridized carbons (Fsp3) is 0.286. The molecule has 0 saturated heterocycles. The number of carbonyl (C=O) groups is 1. The average molecular weight is 290 g/mol. The highest BCUT2D eigenvalue weighted by molar-refractivity contribution is 6.09. The molecule has 0 bridgehead atoms. The van der Waals surface area contributed by atoms with Crippen LogP contribution in [0.1, 0.15) is 56.0 Å². The average Bonchev–Trinajstić information content (AvgIpc) is 2.80. The second kappa shape index (κ2) is 5.57. The smallest absolute Gasteiger partial charge is 0.163 e. The number of hydrogen-bond acceptors (Lipinski definition) is 1. The Morgan fingerprint density at radius 2 is 1.77 bits per heavy atom. The van der Waals surface area contributed by atoms with E-state index in [0.717, 1.165) is 21.9 Å². The third-order valence-electron chi connectivity index (χ3n) is 4.96. The van der Waals surface area contributed by atoms with Gasteiger partial charge in [-0.25, -0.2) is 0 Å². The second-order valence-corrected chi connectivity index (χ2v) is 6.16. The molecule has 0 radical (unpaired) electrons. The normalized spacial score (nSPS) is 18.0. The molecule has 0 aliphatic heterocycles. The monoisotopic (exact) mass is 290 g/mol. The predicted molar refractivity (Wildman–Crippen MR) is 93.4 cm³/mol. The van der Waals surface area contributed by atoms with Gasteiger partial charge in [0.1, 0.15) is 0 Å². The molecule has 1 nitrogen and oxygen atoms in total. The first-order valence-corrected chi connectivity index (χ1v) is 7.95. The zero-order valence-electron chi connectivity index (χ0n) is 13.7. The lowest BCUT2D eigenvalue weighted by Gasteiger charge is -2.18. The number of hydrogen-bond donors (Lipinski definition) is 0. The molecule has 0 spiro atoms. The Morgan fingerprint density at radius 1 is 1.05 bits per heavy atom. The first-order chi connectivity index (χ1) is 10.5. The number of rotatable bonds is 3. The summed E-state index contributed by atoms with van der Waals surface area (Å²) in [5, 5.41) is 2.22. The second-order valence-electron chi connectivity index (χ2n) is 6.16. The van der Waals surface area contributed by atoms with Crippen LogP contribution in [0.4, 0.5) is 0 Å². The predicted octanol–water partition coefficient (Wildman–Crippen LogP) is 5.81. The van der Waals surface area contributed by atoms with Crippen LogP contribution in [0.2, 0.25) is 0 Å². The minimum absolute atomic E-state index is 0.232. The van der Waals surface area contributed by atoms with E-state index in [-0.39, 0.29) is 11.7 Å². The third-order valence-corrected chi connectivity index (χ3v) is 4.96. The van der Waals surface area contributed by atoms with Gasteiger partial charge in [-0.3, -0.25) is 4.79 Å². The summed E-state index contributed by atoms with van der Waals surface area (Å²) in [7, 11) is 0. The molecule has 0 aromatic heterocycles. The van der Waals surface area contributed by atoms with E-state index in [4.69, 9.17) is 0 Å². The van der Waals surface area contributed by atoms with Crippen LogP contribution >= 0.6 is 0 Å². The molecule has 1 heteroatoms. The molecule has 0 saturated carbocycles. The van der Waals surface area contributed by atoms with Crippen LogP contribution in [0, 0.1) is 0 Å². The van der Waals surface area contributed by atoms with Crippen molar-refractivity contribution in [3.8, 4) is 0 Å². The van der Waals surface area contributed by atoms with Crippen molar-refractivity contribution in [1.82, 2.24) is 0 Å². The highest BCUT2D eigenvalue weighted by Crippen LogP contribution is 2.40. The van der Waals surface area contributed by atoms with Crippen LogP contribution in [-0.4, -0.2) is 5.78 Å². The number of allylic oxidation sites excluding steroid dienone is 4. The van der Waals surface area contributed by atoms with E-state index >= 15 is 0 Å². The van der Waals surface area contributed by atoms with Gasteiger partial charge in [0.05, 0.1) is 0 Å². The molecule has 112 valence electrons. The van der Waals surface area contributed by atoms with Crippen LogP contribution in [0.15, 0.2) is 59.2 Å². The highest BCUT2D eigenvalue weighted by Gasteiger charge is 2.25. The fourth-order valence-electron chi connectivity index (χ4n) is 3.40. The molecule has 1 aliphatic rings. The minimum atomic E-state index is 0.232. The number of Topliss-reactive ketones (excluding diaryl/α,β-unsaturated/α-hetero) is 1. The van der Waals surface area contributed by atoms with Gasteiger partial charge in [0.25, 0.3) is 0 Å². The van der Waals surface area contributed by atoms with Crippen LogP contribution in [0.3, 0.4) is 0 Å². The molecule has 22 heavy (non-hydrogen) atoms. The number of carbonyl (C=O) groups excluding carboxylic acids is 1. The van der Waals surface area contributed by atoms with Crippen molar-refractivity contribution in [2.75, 3.05) is 0 Å². The van der Waals surface area contributed by atoms with E-state index in [2.05, 4.69) is 51.1 Å². The standard InChI is InChI=1S/C21H22O/c1-5-20(22)21-17-9-7-6-8-16(17)10-11-18(21)19-12-13(2)14(3)15(19)4/h6-12,19H,5H2,1-4H3. The molecule has 1 atom stereocenters. The summed E-state index contributed by atoms with van der Waals surface area (Å²) < 4.78 is 0. The van der Waals surface area contributed by atoms with Crippen LogP contribution in [-0.2, 0) is 0 Å². The van der Waals surface area contributed by atoms with Crippen LogP contribution in [0.25, 0.3) is 10.8 Å².